The zero-order valence-electron chi connectivity index (χ0n) is 31.2. The van der Waals surface area contributed by atoms with Gasteiger partial charge in [-0.15, -0.1) is 0 Å². The Morgan fingerprint density at radius 2 is 0.517 bits per heavy atom. The second kappa shape index (κ2) is 28.4. The number of ketones is 2. The van der Waals surface area contributed by atoms with Crippen molar-refractivity contribution in [2.24, 2.45) is 0 Å². The molecule has 6 rings (SSSR count). The van der Waals surface area contributed by atoms with Gasteiger partial charge in [0.1, 0.15) is 0 Å². The molecule has 3 N–H and O–H groups in total. The number of nitrogens with zero attached hydrogens (tertiary/aromatic N) is 3. The maximum absolute atomic E-state index is 13.8. The molecule has 0 amide bonds. The molecule has 315 valence electrons. The summed E-state index contributed by atoms with van der Waals surface area (Å²) in [5, 5.41) is 47.1. The Labute approximate surface area is 373 Å². The topological polar surface area (TPSA) is 300 Å². The Morgan fingerprint density at radius 3 is 0.683 bits per heavy atom. The Kier molecular flexibility index (Phi) is 25.5. The summed E-state index contributed by atoms with van der Waals surface area (Å²) in [6.07, 6.45) is 0.01000. The van der Waals surface area contributed by atoms with E-state index in [2.05, 4.69) is 0 Å². The third-order valence-corrected chi connectivity index (χ3v) is 13.6. The Morgan fingerprint density at radius 1 is 0.367 bits per heavy atom. The monoisotopic (exact) mass is 1010 g/mol. The summed E-state index contributed by atoms with van der Waals surface area (Å²) in [6.45, 7) is 0. The number of hydrogen-bond donors (Lipinski definition) is 0. The van der Waals surface area contributed by atoms with Gasteiger partial charge in [-0.25, -0.2) is 0 Å². The first kappa shape index (κ1) is 54.0. The van der Waals surface area contributed by atoms with Crippen LogP contribution in [0.1, 0.15) is 20.7 Å². The summed E-state index contributed by atoms with van der Waals surface area (Å²) >= 11 is 0. The minimum Gasteiger partial charge on any atom is -0.457 e. The fourth-order valence-electron chi connectivity index (χ4n) is 5.17. The molecule has 60 heavy (non-hydrogen) atoms. The van der Waals surface area contributed by atoms with Crippen LogP contribution in [0.25, 0.3) is 0 Å². The van der Waals surface area contributed by atoms with Gasteiger partial charge in [0, 0.05) is 32.3 Å². The van der Waals surface area contributed by atoms with E-state index in [1.54, 1.807) is 24.3 Å². The van der Waals surface area contributed by atoms with Crippen LogP contribution in [0, 0.1) is 84.1 Å². The maximum atomic E-state index is 13.8. The Balaban J connectivity index is 0.000000892. The van der Waals surface area contributed by atoms with Gasteiger partial charge in [0.25, 0.3) is 0 Å². The van der Waals surface area contributed by atoms with E-state index in [1.807, 2.05) is 158 Å². The average Bonchev–Trinajstić information content (AvgIpc) is 3.22. The van der Waals surface area contributed by atoms with Crippen LogP contribution in [0.4, 0.5) is 0 Å². The molecule has 0 aromatic heterocycles. The van der Waals surface area contributed by atoms with Crippen molar-refractivity contribution in [3.05, 3.63) is 239 Å². The molecule has 1 radical (unpaired) electrons. The van der Waals surface area contributed by atoms with Crippen LogP contribution in [0.3, 0.4) is 0 Å². The summed E-state index contributed by atoms with van der Waals surface area (Å²) in [6, 6.07) is 55.2. The van der Waals surface area contributed by atoms with Gasteiger partial charge >= 0.3 is 38.2 Å². The third-order valence-electron chi connectivity index (χ3n) is 7.62. The molecule has 0 fully saturated rings. The second-order valence-electron chi connectivity index (χ2n) is 11.4. The van der Waals surface area contributed by atoms with Crippen LogP contribution >= 0.6 is 14.3 Å². The maximum Gasteiger partial charge on any atom is 3.00 e. The van der Waals surface area contributed by atoms with Gasteiger partial charge in [-0.1, -0.05) is 182 Å². The van der Waals surface area contributed by atoms with Gasteiger partial charge in [0.05, 0.1) is 27.6 Å². The molecule has 17 nitrogen and oxygen atoms in total. The summed E-state index contributed by atoms with van der Waals surface area (Å²) in [4.78, 5) is 50.0. The number of hydrogen-bond acceptors (Lipinski definition) is 13. The zero-order valence-corrected chi connectivity index (χ0v) is 35.0. The van der Waals surface area contributed by atoms with Crippen molar-refractivity contribution in [1.82, 2.24) is 0 Å². The summed E-state index contributed by atoms with van der Waals surface area (Å²) in [7, 11) is -5.99. The van der Waals surface area contributed by atoms with Crippen LogP contribution in [0.15, 0.2) is 182 Å². The molecule has 0 aliphatic rings. The van der Waals surface area contributed by atoms with E-state index in [-0.39, 0.29) is 67.5 Å². The molecule has 6 aromatic carbocycles. The SMILES string of the molecule is O=C(CP(=O)(c1ccccc1)c1ccccc1)c1ccccc1.O=C(CP(=O)(c1ccccc1)c1ccccc1)c1ccccc1.O=[N+]([O-])[O-].O=[N+]([O-])[O-].O=[N+]([O-])[O-].[Dy+3].[OH3+]. The smallest absolute Gasteiger partial charge is 0.457 e. The van der Waals surface area contributed by atoms with Gasteiger partial charge < -0.3 is 60.6 Å². The molecule has 0 bridgehead atoms. The normalized spacial score (nSPS) is 9.73. The van der Waals surface area contributed by atoms with Gasteiger partial charge in [0.2, 0.25) is 0 Å². The van der Waals surface area contributed by atoms with Crippen molar-refractivity contribution in [1.29, 1.82) is 0 Å². The van der Waals surface area contributed by atoms with E-state index in [0.29, 0.717) is 11.1 Å². The molecule has 0 saturated carbocycles. The predicted octanol–water partition coefficient (Wildman–Crippen LogP) is 6.13. The molecule has 0 unspecified atom stereocenters. The number of carbonyl (C=O) groups is 2. The van der Waals surface area contributed by atoms with E-state index in [0.717, 1.165) is 21.2 Å². The molecular formula is C40H37DyN3O14P2+. The Hall–Kier alpha value is -6.05. The van der Waals surface area contributed by atoms with Gasteiger partial charge in [0.15, 0.2) is 25.9 Å². The van der Waals surface area contributed by atoms with Crippen molar-refractivity contribution in [3.63, 3.8) is 0 Å². The quantitative estimate of drug-likeness (QED) is 0.0491. The first-order valence-electron chi connectivity index (χ1n) is 16.6. The number of Topliss-reactive ketones (excluding diaryl/α,β-unsaturated/α-hetero) is 2. The number of carbonyl (C=O) groups excluding carboxylic acids is 2. The summed E-state index contributed by atoms with van der Waals surface area (Å²) < 4.78 is 27.6. The van der Waals surface area contributed by atoms with Gasteiger partial charge in [-0.2, -0.15) is 0 Å². The number of rotatable bonds is 10. The second-order valence-corrected chi connectivity index (χ2v) is 17.0. The molecule has 6 aromatic rings. The molecule has 0 aliphatic carbocycles. The molecule has 0 heterocycles. The van der Waals surface area contributed by atoms with Crippen LogP contribution in [-0.2, 0) is 14.6 Å². The van der Waals surface area contributed by atoms with Gasteiger partial charge in [-0.05, 0) is 0 Å². The molecule has 0 aliphatic heterocycles. The largest absolute Gasteiger partial charge is 3.00 e. The van der Waals surface area contributed by atoms with Crippen molar-refractivity contribution in [3.8, 4) is 0 Å². The zero-order chi connectivity index (χ0) is 43.0. The van der Waals surface area contributed by atoms with Crippen LogP contribution < -0.4 is 21.2 Å². The van der Waals surface area contributed by atoms with Crippen molar-refractivity contribution < 1.29 is 77.6 Å². The molecule has 20 heteroatoms. The van der Waals surface area contributed by atoms with E-state index in [9.17, 15) is 18.7 Å². The van der Waals surface area contributed by atoms with Crippen LogP contribution in [0.5, 0.6) is 0 Å². The van der Waals surface area contributed by atoms with E-state index >= 15 is 0 Å². The van der Waals surface area contributed by atoms with Gasteiger partial charge in [-0.3, -0.25) is 9.59 Å². The van der Waals surface area contributed by atoms with Crippen molar-refractivity contribution in [2.45, 2.75) is 0 Å². The molecular weight excluding hydrogens is 971 g/mol. The first-order chi connectivity index (χ1) is 27.6. The van der Waals surface area contributed by atoms with Crippen LogP contribution in [-0.4, -0.2) is 39.2 Å². The Bertz CT molecular complexity index is 2030. The average molecular weight is 1010 g/mol. The standard InChI is InChI=1S/2C20H17O2P.Dy.3NO3.H2O/c2*21-20(17-10-4-1-5-11-17)16-23(22,18-12-6-2-7-13-18)19-14-8-3-9-15-19;;3*2-1(3)4;/h2*1-15H,16H2;;;;;1H2/q;;+3;3*-1;/p+1. The van der Waals surface area contributed by atoms with Crippen molar-refractivity contribution >= 4 is 47.1 Å². The third kappa shape index (κ3) is 19.1. The predicted molar refractivity (Wildman–Crippen MR) is 227 cm³/mol. The summed E-state index contributed by atoms with van der Waals surface area (Å²) in [5.74, 6) is -0.191. The fourth-order valence-corrected chi connectivity index (χ4v) is 10.3. The van der Waals surface area contributed by atoms with E-state index in [4.69, 9.17) is 46.0 Å². The van der Waals surface area contributed by atoms with E-state index < -0.39 is 29.5 Å². The number of benzene rings is 6. The minimum atomic E-state index is -3.00. The van der Waals surface area contributed by atoms with Crippen LogP contribution in [0.2, 0.25) is 0 Å². The molecule has 0 spiro atoms. The minimum absolute atomic E-state index is 0. The van der Waals surface area contributed by atoms with E-state index in [1.165, 1.54) is 0 Å². The van der Waals surface area contributed by atoms with Crippen molar-refractivity contribution in [2.75, 3.05) is 12.3 Å². The molecule has 0 saturated heterocycles. The molecule has 0 atom stereocenters. The first-order valence-corrected chi connectivity index (χ1v) is 20.4. The summed E-state index contributed by atoms with van der Waals surface area (Å²) in [5.41, 5.74) is 1.19. The fraction of sp³-hybridized carbons (Fsp3) is 0.0500.